The Kier molecular flexibility index (Phi) is 7.93. The number of aromatic nitrogens is 1. The monoisotopic (exact) mass is 572 g/mol. The number of carbonyl (C=O) groups is 1. The molecule has 0 bridgehead atoms. The zero-order chi connectivity index (χ0) is 29.4. The highest BCUT2D eigenvalue weighted by molar-refractivity contribution is 7.14. The average Bonchev–Trinajstić information content (AvgIpc) is 3.39. The summed E-state index contributed by atoms with van der Waals surface area (Å²) in [5.41, 5.74) is -1.92. The number of nitriles is 1. The normalized spacial score (nSPS) is 11.5. The van der Waals surface area contributed by atoms with Crippen molar-refractivity contribution < 1.29 is 31.5 Å². The van der Waals surface area contributed by atoms with E-state index in [1.54, 1.807) is 23.6 Å². The van der Waals surface area contributed by atoms with Gasteiger partial charge in [-0.25, -0.2) is 13.6 Å². The van der Waals surface area contributed by atoms with Crippen molar-refractivity contribution in [2.45, 2.75) is 32.5 Å². The second-order valence-corrected chi connectivity index (χ2v) is 10.2. The molecule has 2 aromatic heterocycles. The number of ether oxygens (including phenoxy) is 1. The Bertz CT molecular complexity index is 1710. The number of halogens is 5. The van der Waals surface area contributed by atoms with Crippen molar-refractivity contribution in [1.29, 1.82) is 5.26 Å². The number of carbonyl (C=O) groups excluding carboxylic acids is 1. The Morgan fingerprint density at radius 1 is 1.07 bits per heavy atom. The first-order valence-electron chi connectivity index (χ1n) is 11.9. The Hall–Kier alpha value is -4.30. The molecule has 0 spiro atoms. The molecule has 0 amide bonds. The molecule has 0 aliphatic heterocycles. The van der Waals surface area contributed by atoms with E-state index >= 15 is 0 Å². The first kappa shape index (κ1) is 28.7. The number of hydrogen-bond donors (Lipinski definition) is 0. The summed E-state index contributed by atoms with van der Waals surface area (Å²) in [5.74, 6) is -2.37. The summed E-state index contributed by atoms with van der Waals surface area (Å²) in [7, 11) is 1.25. The summed E-state index contributed by atoms with van der Waals surface area (Å²) in [6.07, 6.45) is -5.01. The van der Waals surface area contributed by atoms with Crippen LogP contribution in [0.25, 0.3) is 21.7 Å². The van der Waals surface area contributed by atoms with Crippen LogP contribution in [0.15, 0.2) is 58.7 Å². The van der Waals surface area contributed by atoms with Gasteiger partial charge in [0.1, 0.15) is 23.3 Å². The molecule has 206 valence electrons. The van der Waals surface area contributed by atoms with E-state index in [-0.39, 0.29) is 27.6 Å². The third-order valence-electron chi connectivity index (χ3n) is 6.29. The first-order chi connectivity index (χ1) is 18.8. The molecule has 0 atom stereocenters. The zero-order valence-electron chi connectivity index (χ0n) is 21.4. The van der Waals surface area contributed by atoms with E-state index in [0.717, 1.165) is 33.6 Å². The SMILES string of the molecule is COC(=O)c1cc(-c2csc(-c3cc(C(F)(F)F)c(C#N)c(=O)n3Cc3ccc(F)cc3F)c2)cc(C(C)C)c1. The number of benzene rings is 2. The fourth-order valence-corrected chi connectivity index (χ4v) is 5.11. The minimum atomic E-state index is -5.01. The molecule has 0 radical (unpaired) electrons. The van der Waals surface area contributed by atoms with Crippen LogP contribution in [-0.2, 0) is 17.5 Å². The molecule has 4 aromatic rings. The summed E-state index contributed by atoms with van der Waals surface area (Å²) in [5, 5.41) is 11.0. The van der Waals surface area contributed by atoms with Crippen molar-refractivity contribution in [2.75, 3.05) is 7.11 Å². The summed E-state index contributed by atoms with van der Waals surface area (Å²) < 4.78 is 75.3. The Morgan fingerprint density at radius 3 is 2.40 bits per heavy atom. The Balaban J connectivity index is 1.93. The molecule has 2 heterocycles. The minimum Gasteiger partial charge on any atom is -0.465 e. The number of pyridine rings is 1. The zero-order valence-corrected chi connectivity index (χ0v) is 22.2. The molecule has 0 saturated carbocycles. The van der Waals surface area contributed by atoms with Gasteiger partial charge < -0.3 is 9.30 Å². The van der Waals surface area contributed by atoms with Crippen molar-refractivity contribution in [3.8, 4) is 27.8 Å². The fourth-order valence-electron chi connectivity index (χ4n) is 4.17. The highest BCUT2D eigenvalue weighted by atomic mass is 32.1. The smallest absolute Gasteiger partial charge is 0.417 e. The van der Waals surface area contributed by atoms with E-state index in [9.17, 15) is 36.8 Å². The fraction of sp³-hybridized carbons (Fsp3) is 0.207. The predicted octanol–water partition coefficient (Wildman–Crippen LogP) is 7.37. The molecular weight excluding hydrogens is 551 g/mol. The van der Waals surface area contributed by atoms with Crippen LogP contribution >= 0.6 is 11.3 Å². The van der Waals surface area contributed by atoms with Gasteiger partial charge in [0.2, 0.25) is 0 Å². The van der Waals surface area contributed by atoms with Crippen LogP contribution in [0.1, 0.15) is 52.4 Å². The van der Waals surface area contributed by atoms with E-state index in [0.29, 0.717) is 23.3 Å². The van der Waals surface area contributed by atoms with Crippen LogP contribution in [0.2, 0.25) is 0 Å². The maximum Gasteiger partial charge on any atom is 0.417 e. The van der Waals surface area contributed by atoms with E-state index < -0.39 is 47.0 Å². The molecule has 0 saturated heterocycles. The van der Waals surface area contributed by atoms with Crippen LogP contribution in [0.5, 0.6) is 0 Å². The number of alkyl halides is 3. The van der Waals surface area contributed by atoms with Crippen LogP contribution in [0.3, 0.4) is 0 Å². The van der Waals surface area contributed by atoms with Gasteiger partial charge in [-0.05, 0) is 58.3 Å². The molecule has 0 unspecified atom stereocenters. The maximum atomic E-state index is 14.5. The van der Waals surface area contributed by atoms with Crippen LogP contribution in [-0.4, -0.2) is 17.6 Å². The van der Waals surface area contributed by atoms with Crippen molar-refractivity contribution >= 4 is 17.3 Å². The largest absolute Gasteiger partial charge is 0.465 e. The van der Waals surface area contributed by atoms with E-state index in [1.807, 2.05) is 19.9 Å². The Labute approximate surface area is 229 Å². The minimum absolute atomic E-state index is 0.0464. The predicted molar refractivity (Wildman–Crippen MR) is 140 cm³/mol. The summed E-state index contributed by atoms with van der Waals surface area (Å²) >= 11 is 1.02. The molecule has 11 heteroatoms. The lowest BCUT2D eigenvalue weighted by molar-refractivity contribution is -0.137. The third kappa shape index (κ3) is 5.67. The highest BCUT2D eigenvalue weighted by Gasteiger charge is 2.37. The van der Waals surface area contributed by atoms with Gasteiger partial charge in [-0.3, -0.25) is 4.79 Å². The molecular formula is C29H21F5N2O3S. The van der Waals surface area contributed by atoms with Crippen LogP contribution < -0.4 is 5.56 Å². The number of esters is 1. The number of rotatable bonds is 6. The maximum absolute atomic E-state index is 14.5. The molecule has 0 aliphatic carbocycles. The molecule has 40 heavy (non-hydrogen) atoms. The van der Waals surface area contributed by atoms with E-state index in [2.05, 4.69) is 0 Å². The molecule has 0 aliphatic rings. The number of nitrogens with zero attached hydrogens (tertiary/aromatic N) is 2. The first-order valence-corrected chi connectivity index (χ1v) is 12.7. The van der Waals surface area contributed by atoms with Gasteiger partial charge in [0.15, 0.2) is 0 Å². The second kappa shape index (κ2) is 11.1. The van der Waals surface area contributed by atoms with Gasteiger partial charge in [0.05, 0.1) is 35.4 Å². The summed E-state index contributed by atoms with van der Waals surface area (Å²) in [6.45, 7) is 3.32. The van der Waals surface area contributed by atoms with Gasteiger partial charge in [-0.1, -0.05) is 26.0 Å². The lowest BCUT2D eigenvalue weighted by Crippen LogP contribution is -2.28. The second-order valence-electron chi connectivity index (χ2n) is 9.24. The standard InChI is InChI=1S/C29H21F5N2O3S/c1-15(2)17-6-18(8-19(7-17)28(38)39-3)20-9-26(40-14-20)25-11-23(29(32,33)34)22(12-35)27(37)36(25)13-16-4-5-21(30)10-24(16)31/h4-11,14-15H,13H2,1-3H3. The van der Waals surface area contributed by atoms with Gasteiger partial charge in [-0.15, -0.1) is 11.3 Å². The molecule has 2 aromatic carbocycles. The van der Waals surface area contributed by atoms with Crippen LogP contribution in [0, 0.1) is 23.0 Å². The van der Waals surface area contributed by atoms with E-state index in [1.165, 1.54) is 13.2 Å². The number of thiophene rings is 1. The van der Waals surface area contributed by atoms with Gasteiger partial charge >= 0.3 is 12.1 Å². The highest BCUT2D eigenvalue weighted by Crippen LogP contribution is 2.38. The van der Waals surface area contributed by atoms with E-state index in [4.69, 9.17) is 4.74 Å². The van der Waals surface area contributed by atoms with Crippen molar-refractivity contribution in [2.24, 2.45) is 0 Å². The quantitative estimate of drug-likeness (QED) is 0.179. The van der Waals surface area contributed by atoms with Gasteiger partial charge in [0.25, 0.3) is 5.56 Å². The average molecular weight is 573 g/mol. The number of hydrogen-bond acceptors (Lipinski definition) is 5. The van der Waals surface area contributed by atoms with Gasteiger partial charge in [-0.2, -0.15) is 18.4 Å². The molecule has 0 fully saturated rings. The number of methoxy groups -OCH3 is 1. The van der Waals surface area contributed by atoms with Gasteiger partial charge in [0, 0.05) is 11.6 Å². The summed E-state index contributed by atoms with van der Waals surface area (Å²) in [6, 6.07) is 11.3. The third-order valence-corrected chi connectivity index (χ3v) is 7.24. The van der Waals surface area contributed by atoms with Crippen molar-refractivity contribution in [3.63, 3.8) is 0 Å². The summed E-state index contributed by atoms with van der Waals surface area (Å²) in [4.78, 5) is 25.7. The molecule has 4 rings (SSSR count). The lowest BCUT2D eigenvalue weighted by atomic mass is 9.95. The molecule has 5 nitrogen and oxygen atoms in total. The Morgan fingerprint density at radius 2 is 1.80 bits per heavy atom. The van der Waals surface area contributed by atoms with Crippen LogP contribution in [0.4, 0.5) is 22.0 Å². The molecule has 0 N–H and O–H groups in total. The lowest BCUT2D eigenvalue weighted by Gasteiger charge is -2.17. The topological polar surface area (TPSA) is 72.1 Å². The van der Waals surface area contributed by atoms with Crippen molar-refractivity contribution in [3.05, 3.63) is 104 Å². The van der Waals surface area contributed by atoms with Crippen molar-refractivity contribution in [1.82, 2.24) is 4.57 Å².